The minimum atomic E-state index is 0.0941. The van der Waals surface area contributed by atoms with Crippen molar-refractivity contribution in [3.63, 3.8) is 0 Å². The van der Waals surface area contributed by atoms with Gasteiger partial charge >= 0.3 is 0 Å². The first-order valence-electron chi connectivity index (χ1n) is 8.17. The van der Waals surface area contributed by atoms with Crippen LogP contribution in [0.4, 0.5) is 5.13 Å². The molecule has 0 radical (unpaired) electrons. The third kappa shape index (κ3) is 3.31. The summed E-state index contributed by atoms with van der Waals surface area (Å²) in [5.41, 5.74) is 4.26. The molecule has 0 N–H and O–H groups in total. The molecular weight excluding hydrogens is 318 g/mol. The minimum absolute atomic E-state index is 0.0941. The number of amides is 1. The van der Waals surface area contributed by atoms with E-state index in [1.54, 1.807) is 22.4 Å². The lowest BCUT2D eigenvalue weighted by Gasteiger charge is -2.19. The van der Waals surface area contributed by atoms with Crippen LogP contribution in [0.15, 0.2) is 36.5 Å². The molecule has 0 atom stereocenters. The molecule has 0 saturated carbocycles. The molecule has 24 heavy (non-hydrogen) atoms. The smallest absolute Gasteiger partial charge is 0.229 e. The summed E-state index contributed by atoms with van der Waals surface area (Å²) in [4.78, 5) is 23.5. The van der Waals surface area contributed by atoms with E-state index in [2.05, 4.69) is 31.0 Å². The first-order valence-corrected chi connectivity index (χ1v) is 8.98. The molecule has 5 heteroatoms. The Balaban J connectivity index is 2.01. The maximum absolute atomic E-state index is 12.6. The topological polar surface area (TPSA) is 46.1 Å². The summed E-state index contributed by atoms with van der Waals surface area (Å²) in [6.45, 7) is 6.64. The van der Waals surface area contributed by atoms with Crippen LogP contribution in [0.2, 0.25) is 0 Å². The average Bonchev–Trinajstić information content (AvgIpc) is 3.02. The SMILES string of the molecule is CCCC(=O)N(Cc1ccccn1)c1nc2c(C)c(C)ccc2s1. The monoisotopic (exact) mass is 339 g/mol. The molecule has 0 fully saturated rings. The number of fused-ring (bicyclic) bond motifs is 1. The first kappa shape index (κ1) is 16.6. The van der Waals surface area contributed by atoms with Crippen LogP contribution in [-0.4, -0.2) is 15.9 Å². The Morgan fingerprint density at radius 2 is 2.04 bits per heavy atom. The first-order chi connectivity index (χ1) is 11.6. The summed E-state index contributed by atoms with van der Waals surface area (Å²) in [6, 6.07) is 9.95. The van der Waals surface area contributed by atoms with Gasteiger partial charge in [-0.05, 0) is 49.6 Å². The highest BCUT2D eigenvalue weighted by molar-refractivity contribution is 7.22. The second kappa shape index (κ2) is 7.09. The van der Waals surface area contributed by atoms with Crippen molar-refractivity contribution in [1.29, 1.82) is 0 Å². The fourth-order valence-electron chi connectivity index (χ4n) is 2.59. The van der Waals surface area contributed by atoms with Gasteiger partial charge in [-0.2, -0.15) is 0 Å². The Bertz CT molecular complexity index is 858. The number of hydrogen-bond donors (Lipinski definition) is 0. The molecule has 2 aromatic heterocycles. The van der Waals surface area contributed by atoms with Gasteiger partial charge in [-0.1, -0.05) is 30.4 Å². The number of aromatic nitrogens is 2. The predicted octanol–water partition coefficient (Wildman–Crippen LogP) is 4.64. The Morgan fingerprint density at radius 3 is 2.75 bits per heavy atom. The van der Waals surface area contributed by atoms with Crippen LogP contribution in [0, 0.1) is 13.8 Å². The summed E-state index contributed by atoms with van der Waals surface area (Å²) in [6.07, 6.45) is 3.09. The fraction of sp³-hybridized carbons (Fsp3) is 0.316. The van der Waals surface area contributed by atoms with E-state index < -0.39 is 0 Å². The second-order valence-electron chi connectivity index (χ2n) is 5.90. The van der Waals surface area contributed by atoms with Gasteiger partial charge in [0.25, 0.3) is 0 Å². The molecule has 3 rings (SSSR count). The third-order valence-electron chi connectivity index (χ3n) is 4.12. The number of carbonyl (C=O) groups excluding carboxylic acids is 1. The van der Waals surface area contributed by atoms with Crippen molar-refractivity contribution in [3.8, 4) is 0 Å². The summed E-state index contributed by atoms with van der Waals surface area (Å²) in [7, 11) is 0. The highest BCUT2D eigenvalue weighted by atomic mass is 32.1. The number of aryl methyl sites for hydroxylation is 2. The van der Waals surface area contributed by atoms with E-state index in [-0.39, 0.29) is 5.91 Å². The van der Waals surface area contributed by atoms with E-state index in [4.69, 9.17) is 4.98 Å². The number of carbonyl (C=O) groups is 1. The van der Waals surface area contributed by atoms with Gasteiger partial charge in [0, 0.05) is 12.6 Å². The van der Waals surface area contributed by atoms with E-state index in [1.165, 1.54) is 11.1 Å². The summed E-state index contributed by atoms with van der Waals surface area (Å²) >= 11 is 1.57. The lowest BCUT2D eigenvalue weighted by Crippen LogP contribution is -2.30. The number of hydrogen-bond acceptors (Lipinski definition) is 4. The normalized spacial score (nSPS) is 11.0. The zero-order valence-corrected chi connectivity index (χ0v) is 15.1. The predicted molar refractivity (Wildman–Crippen MR) is 99.4 cm³/mol. The summed E-state index contributed by atoms with van der Waals surface area (Å²) in [5, 5.41) is 0.753. The Morgan fingerprint density at radius 1 is 1.21 bits per heavy atom. The van der Waals surface area contributed by atoms with Gasteiger partial charge in [-0.25, -0.2) is 4.98 Å². The quantitative estimate of drug-likeness (QED) is 0.680. The largest absolute Gasteiger partial charge is 0.282 e. The zero-order chi connectivity index (χ0) is 17.1. The van der Waals surface area contributed by atoms with Crippen LogP contribution < -0.4 is 4.90 Å². The van der Waals surface area contributed by atoms with Gasteiger partial charge in [0.1, 0.15) is 0 Å². The van der Waals surface area contributed by atoms with Gasteiger partial charge < -0.3 is 0 Å². The average molecular weight is 339 g/mol. The van der Waals surface area contributed by atoms with Crippen molar-refractivity contribution in [3.05, 3.63) is 53.3 Å². The van der Waals surface area contributed by atoms with Crippen molar-refractivity contribution < 1.29 is 4.79 Å². The number of pyridine rings is 1. The number of thiazole rings is 1. The Labute approximate surface area is 146 Å². The molecule has 0 aliphatic heterocycles. The van der Waals surface area contributed by atoms with Crippen molar-refractivity contribution in [2.24, 2.45) is 0 Å². The van der Waals surface area contributed by atoms with Gasteiger partial charge in [0.05, 0.1) is 22.5 Å². The van der Waals surface area contributed by atoms with Gasteiger partial charge in [-0.3, -0.25) is 14.7 Å². The van der Waals surface area contributed by atoms with Crippen molar-refractivity contribution >= 4 is 32.6 Å². The molecule has 0 spiro atoms. The molecule has 4 nitrogen and oxygen atoms in total. The standard InChI is InChI=1S/C19H21N3OS/c1-4-7-17(23)22(12-15-8-5-6-11-20-15)19-21-18-14(3)13(2)9-10-16(18)24-19/h5-6,8-11H,4,7,12H2,1-3H3. The zero-order valence-electron chi connectivity index (χ0n) is 14.2. The molecule has 1 aromatic carbocycles. The molecular formula is C19H21N3OS. The second-order valence-corrected chi connectivity index (χ2v) is 6.91. The highest BCUT2D eigenvalue weighted by Crippen LogP contribution is 2.32. The van der Waals surface area contributed by atoms with Crippen molar-refractivity contribution in [2.75, 3.05) is 4.90 Å². The molecule has 124 valence electrons. The number of rotatable bonds is 5. The van der Waals surface area contributed by atoms with Crippen molar-refractivity contribution in [2.45, 2.75) is 40.2 Å². The number of benzene rings is 1. The maximum Gasteiger partial charge on any atom is 0.229 e. The lowest BCUT2D eigenvalue weighted by atomic mass is 10.1. The van der Waals surface area contributed by atoms with Crippen LogP contribution in [-0.2, 0) is 11.3 Å². The van der Waals surface area contributed by atoms with Crippen LogP contribution in [0.5, 0.6) is 0 Å². The van der Waals surface area contributed by atoms with Crippen LogP contribution in [0.1, 0.15) is 36.6 Å². The minimum Gasteiger partial charge on any atom is -0.282 e. The van der Waals surface area contributed by atoms with E-state index in [0.717, 1.165) is 27.5 Å². The summed E-state index contributed by atoms with van der Waals surface area (Å²) in [5.74, 6) is 0.0941. The maximum atomic E-state index is 12.6. The van der Waals surface area contributed by atoms with Gasteiger partial charge in [-0.15, -0.1) is 0 Å². The number of nitrogens with zero attached hydrogens (tertiary/aromatic N) is 3. The highest BCUT2D eigenvalue weighted by Gasteiger charge is 2.20. The number of anilines is 1. The molecule has 1 amide bonds. The summed E-state index contributed by atoms with van der Waals surface area (Å²) < 4.78 is 1.11. The molecule has 2 heterocycles. The van der Waals surface area contributed by atoms with Gasteiger partial charge in [0.2, 0.25) is 5.91 Å². The third-order valence-corrected chi connectivity index (χ3v) is 5.16. The van der Waals surface area contributed by atoms with Crippen molar-refractivity contribution in [1.82, 2.24) is 9.97 Å². The van der Waals surface area contributed by atoms with Crippen LogP contribution >= 0.6 is 11.3 Å². The molecule has 0 aliphatic carbocycles. The van der Waals surface area contributed by atoms with E-state index in [1.807, 2.05) is 25.1 Å². The van der Waals surface area contributed by atoms with E-state index in [9.17, 15) is 4.79 Å². The molecule has 0 saturated heterocycles. The molecule has 3 aromatic rings. The molecule has 0 bridgehead atoms. The Hall–Kier alpha value is -2.27. The van der Waals surface area contributed by atoms with E-state index in [0.29, 0.717) is 13.0 Å². The van der Waals surface area contributed by atoms with E-state index >= 15 is 0 Å². The lowest BCUT2D eigenvalue weighted by molar-refractivity contribution is -0.118. The Kier molecular flexibility index (Phi) is 4.90. The molecule has 0 aliphatic rings. The van der Waals surface area contributed by atoms with Crippen LogP contribution in [0.25, 0.3) is 10.2 Å². The fourth-order valence-corrected chi connectivity index (χ4v) is 3.64. The van der Waals surface area contributed by atoms with Crippen LogP contribution in [0.3, 0.4) is 0 Å². The van der Waals surface area contributed by atoms with Gasteiger partial charge in [0.15, 0.2) is 5.13 Å². The molecule has 0 unspecified atom stereocenters.